The van der Waals surface area contributed by atoms with Crippen LogP contribution in [0.5, 0.6) is 0 Å². The molecule has 3 nitrogen and oxygen atoms in total. The highest BCUT2D eigenvalue weighted by molar-refractivity contribution is 4.65. The van der Waals surface area contributed by atoms with Crippen LogP contribution >= 0.6 is 0 Å². The topological polar surface area (TPSA) is 29.0 Å². The minimum absolute atomic E-state index is 0. The summed E-state index contributed by atoms with van der Waals surface area (Å²) in [4.78, 5) is 0. The van der Waals surface area contributed by atoms with Crippen molar-refractivity contribution in [3.05, 3.63) is 18.7 Å². The van der Waals surface area contributed by atoms with E-state index in [-0.39, 0.29) is 23.6 Å². The van der Waals surface area contributed by atoms with Gasteiger partial charge < -0.3 is 22.1 Å². The van der Waals surface area contributed by atoms with Gasteiger partial charge in [-0.2, -0.15) is 0 Å². The smallest absolute Gasteiger partial charge is 0.243 e. The summed E-state index contributed by atoms with van der Waals surface area (Å²) in [5, 5.41) is 7.57. The van der Waals surface area contributed by atoms with Crippen LogP contribution < -0.4 is 21.5 Å². The fraction of sp³-hybridized carbons (Fsp3) is 0.750. The van der Waals surface area contributed by atoms with Crippen molar-refractivity contribution in [3.8, 4) is 0 Å². The van der Waals surface area contributed by atoms with Gasteiger partial charge in [-0.3, -0.25) is 0 Å². The number of nitrogens with zero attached hydrogens (tertiary/aromatic N) is 2. The van der Waals surface area contributed by atoms with Gasteiger partial charge in [0.15, 0.2) is 0 Å². The molecule has 0 aliphatic carbocycles. The van der Waals surface area contributed by atoms with Crippen LogP contribution in [0.3, 0.4) is 0 Å². The molecular formula is C12H25BrN2O. The molecule has 0 spiro atoms. The van der Waals surface area contributed by atoms with Crippen LogP contribution in [0, 0.1) is 0 Å². The van der Waals surface area contributed by atoms with Gasteiger partial charge >= 0.3 is 0 Å². The summed E-state index contributed by atoms with van der Waals surface area (Å²) >= 11 is 0. The number of halogens is 1. The summed E-state index contributed by atoms with van der Waals surface area (Å²) in [5.41, 5.74) is 0. The van der Waals surface area contributed by atoms with E-state index in [4.69, 9.17) is 5.11 Å². The first-order valence-corrected chi connectivity index (χ1v) is 5.86. The Balaban J connectivity index is 0. The first-order valence-electron chi connectivity index (χ1n) is 5.86. The Hall–Kier alpha value is -0.350. The minimum Gasteiger partial charge on any atom is -1.00 e. The zero-order chi connectivity index (χ0) is 11.5. The van der Waals surface area contributed by atoms with E-state index in [1.165, 1.54) is 32.2 Å². The summed E-state index contributed by atoms with van der Waals surface area (Å²) < 4.78 is 4.33. The number of imidazole rings is 1. The molecule has 0 aromatic carbocycles. The van der Waals surface area contributed by atoms with Gasteiger partial charge in [-0.05, 0) is 19.8 Å². The summed E-state index contributed by atoms with van der Waals surface area (Å²) in [6.07, 6.45) is 11.7. The molecule has 1 rings (SSSR count). The number of rotatable bonds is 5. The SMILES string of the molecule is CCCCCCn1cc[n+](C)c1.CCO.[Br-]. The Morgan fingerprint density at radius 3 is 2.25 bits per heavy atom. The first kappa shape index (κ1) is 18.0. The van der Waals surface area contributed by atoms with E-state index in [2.05, 4.69) is 41.8 Å². The third-order valence-corrected chi connectivity index (χ3v) is 2.09. The molecule has 1 aromatic rings. The molecule has 16 heavy (non-hydrogen) atoms. The number of hydrogen-bond acceptors (Lipinski definition) is 1. The van der Waals surface area contributed by atoms with Crippen LogP contribution in [0.15, 0.2) is 18.7 Å². The summed E-state index contributed by atoms with van der Waals surface area (Å²) in [5.74, 6) is 0. The summed E-state index contributed by atoms with van der Waals surface area (Å²) in [7, 11) is 2.06. The largest absolute Gasteiger partial charge is 1.00 e. The van der Waals surface area contributed by atoms with Gasteiger partial charge in [0.1, 0.15) is 12.4 Å². The van der Waals surface area contributed by atoms with E-state index in [1.54, 1.807) is 6.92 Å². The summed E-state index contributed by atoms with van der Waals surface area (Å²) in [6.45, 7) is 5.34. The molecule has 0 aliphatic rings. The third-order valence-electron chi connectivity index (χ3n) is 2.09. The van der Waals surface area contributed by atoms with Crippen molar-refractivity contribution in [1.29, 1.82) is 0 Å². The molecule has 1 N–H and O–H groups in total. The van der Waals surface area contributed by atoms with Crippen molar-refractivity contribution in [1.82, 2.24) is 4.57 Å². The lowest BCUT2D eigenvalue weighted by Gasteiger charge is -1.95. The van der Waals surface area contributed by atoms with Crippen LogP contribution in [0.1, 0.15) is 39.5 Å². The molecule has 0 fully saturated rings. The van der Waals surface area contributed by atoms with Crippen LogP contribution in [0.4, 0.5) is 0 Å². The van der Waals surface area contributed by atoms with Crippen LogP contribution in [-0.4, -0.2) is 16.3 Å². The van der Waals surface area contributed by atoms with Gasteiger partial charge in [0.05, 0.1) is 13.6 Å². The minimum atomic E-state index is 0. The Morgan fingerprint density at radius 1 is 1.19 bits per heavy atom. The van der Waals surface area contributed by atoms with E-state index < -0.39 is 0 Å². The van der Waals surface area contributed by atoms with Gasteiger partial charge in [-0.25, -0.2) is 9.13 Å². The molecule has 0 saturated carbocycles. The molecule has 0 aliphatic heterocycles. The van der Waals surface area contributed by atoms with Crippen LogP contribution in [0.2, 0.25) is 0 Å². The number of aliphatic hydroxyl groups is 1. The average molecular weight is 293 g/mol. The van der Waals surface area contributed by atoms with Gasteiger partial charge in [-0.15, -0.1) is 0 Å². The predicted molar refractivity (Wildman–Crippen MR) is 62.5 cm³/mol. The molecule has 0 atom stereocenters. The van der Waals surface area contributed by atoms with Crippen molar-refractivity contribution >= 4 is 0 Å². The third kappa shape index (κ3) is 10.2. The zero-order valence-electron chi connectivity index (χ0n) is 10.7. The highest BCUT2D eigenvalue weighted by atomic mass is 79.9. The van der Waals surface area contributed by atoms with Crippen molar-refractivity contribution in [2.45, 2.75) is 46.1 Å². The van der Waals surface area contributed by atoms with E-state index in [1.807, 2.05) is 0 Å². The maximum absolute atomic E-state index is 7.57. The Labute approximate surface area is 110 Å². The highest BCUT2D eigenvalue weighted by Crippen LogP contribution is 2.00. The van der Waals surface area contributed by atoms with Crippen molar-refractivity contribution in [2.24, 2.45) is 7.05 Å². The van der Waals surface area contributed by atoms with Crippen LogP contribution in [-0.2, 0) is 13.6 Å². The maximum Gasteiger partial charge on any atom is 0.243 e. The normalized spacial score (nSPS) is 9.00. The molecule has 1 aromatic heterocycles. The zero-order valence-corrected chi connectivity index (χ0v) is 12.3. The highest BCUT2D eigenvalue weighted by Gasteiger charge is 1.97. The fourth-order valence-corrected chi connectivity index (χ4v) is 1.36. The Kier molecular flexibility index (Phi) is 14.3. The molecule has 0 amide bonds. The Morgan fingerprint density at radius 2 is 1.81 bits per heavy atom. The maximum atomic E-state index is 7.57. The second-order valence-electron chi connectivity index (χ2n) is 3.69. The number of unbranched alkanes of at least 4 members (excludes halogenated alkanes) is 3. The fourth-order valence-electron chi connectivity index (χ4n) is 1.36. The second kappa shape index (κ2) is 12.7. The monoisotopic (exact) mass is 292 g/mol. The predicted octanol–water partition coefficient (Wildman–Crippen LogP) is -1.10. The summed E-state index contributed by atoms with van der Waals surface area (Å²) in [6, 6.07) is 0. The molecule has 96 valence electrons. The second-order valence-corrected chi connectivity index (χ2v) is 3.69. The lowest BCUT2D eigenvalue weighted by Crippen LogP contribution is -3.00. The molecule has 0 unspecified atom stereocenters. The lowest BCUT2D eigenvalue weighted by atomic mass is 10.2. The first-order chi connectivity index (χ1) is 7.24. The van der Waals surface area contributed by atoms with Gasteiger partial charge in [-0.1, -0.05) is 19.8 Å². The van der Waals surface area contributed by atoms with Crippen LogP contribution in [0.25, 0.3) is 0 Å². The standard InChI is InChI=1S/C10H19N2.C2H6O.BrH/c1-3-4-5-6-7-12-9-8-11(2)10-12;1-2-3;/h8-10H,3-7H2,1-2H3;3H,2H2,1H3;1H/q+1;;/p-1. The molecule has 0 bridgehead atoms. The number of hydrogen-bond donors (Lipinski definition) is 1. The molecule has 0 radical (unpaired) electrons. The van der Waals surface area contributed by atoms with Gasteiger partial charge in [0.2, 0.25) is 6.33 Å². The molecule has 4 heteroatoms. The molecule has 1 heterocycles. The van der Waals surface area contributed by atoms with Crippen molar-refractivity contribution < 1.29 is 26.7 Å². The van der Waals surface area contributed by atoms with E-state index in [0.717, 1.165) is 0 Å². The number of aliphatic hydroxyl groups excluding tert-OH is 1. The molecular weight excluding hydrogens is 268 g/mol. The average Bonchev–Trinajstić information content (AvgIpc) is 2.60. The van der Waals surface area contributed by atoms with Gasteiger partial charge in [0.25, 0.3) is 0 Å². The number of aromatic nitrogens is 2. The van der Waals surface area contributed by atoms with E-state index in [9.17, 15) is 0 Å². The van der Waals surface area contributed by atoms with E-state index in [0.29, 0.717) is 0 Å². The lowest BCUT2D eigenvalue weighted by molar-refractivity contribution is -0.671. The number of aryl methyl sites for hydroxylation is 2. The van der Waals surface area contributed by atoms with Crippen molar-refractivity contribution in [3.63, 3.8) is 0 Å². The van der Waals surface area contributed by atoms with Crippen molar-refractivity contribution in [2.75, 3.05) is 6.61 Å². The van der Waals surface area contributed by atoms with Gasteiger partial charge in [0, 0.05) is 6.61 Å². The van der Waals surface area contributed by atoms with E-state index >= 15 is 0 Å². The quantitative estimate of drug-likeness (QED) is 0.542. The molecule has 0 saturated heterocycles. The Bertz CT molecular complexity index is 239.